The monoisotopic (exact) mass is 330 g/mol. The summed E-state index contributed by atoms with van der Waals surface area (Å²) in [5, 5.41) is 10.6. The number of furan rings is 1. The highest BCUT2D eigenvalue weighted by molar-refractivity contribution is 5.91. The molecule has 126 valence electrons. The van der Waals surface area contributed by atoms with Crippen molar-refractivity contribution in [2.75, 3.05) is 14.2 Å². The van der Waals surface area contributed by atoms with Crippen LogP contribution in [0.4, 0.5) is 5.88 Å². The maximum absolute atomic E-state index is 12.2. The van der Waals surface area contributed by atoms with E-state index in [1.54, 1.807) is 14.2 Å². The number of carbonyl (C=O) groups is 1. The van der Waals surface area contributed by atoms with Crippen LogP contribution in [0, 0.1) is 17.0 Å². The van der Waals surface area contributed by atoms with Gasteiger partial charge in [0.25, 0.3) is 0 Å². The number of amides is 1. The van der Waals surface area contributed by atoms with E-state index in [1.807, 2.05) is 25.1 Å². The van der Waals surface area contributed by atoms with Crippen molar-refractivity contribution < 1.29 is 18.9 Å². The Kier molecular flexibility index (Phi) is 5.36. The Hall–Kier alpha value is -3.09. The highest BCUT2D eigenvalue weighted by atomic mass is 16.6. The zero-order valence-electron chi connectivity index (χ0n) is 13.7. The van der Waals surface area contributed by atoms with Gasteiger partial charge in [-0.05, 0) is 25.1 Å². The molecular weight excluding hydrogens is 312 g/mol. The van der Waals surface area contributed by atoms with E-state index in [0.717, 1.165) is 11.1 Å². The fourth-order valence-electron chi connectivity index (χ4n) is 2.17. The molecule has 0 bridgehead atoms. The number of benzene rings is 1. The molecule has 0 aliphatic heterocycles. The molecule has 2 aromatic rings. The number of ether oxygens (including phenoxy) is 1. The van der Waals surface area contributed by atoms with Crippen molar-refractivity contribution in [3.8, 4) is 5.75 Å². The number of aryl methyl sites for hydroxylation is 1. The van der Waals surface area contributed by atoms with E-state index in [1.165, 1.54) is 29.2 Å². The molecular formula is C17H18N2O5. The number of nitrogens with zero attached hydrogens (tertiary/aromatic N) is 2. The fraction of sp³-hybridized carbons (Fsp3) is 0.235. The van der Waals surface area contributed by atoms with Gasteiger partial charge in [-0.3, -0.25) is 14.9 Å². The first-order chi connectivity index (χ1) is 11.4. The first-order valence-electron chi connectivity index (χ1n) is 7.21. The maximum Gasteiger partial charge on any atom is 0.433 e. The van der Waals surface area contributed by atoms with E-state index >= 15 is 0 Å². The van der Waals surface area contributed by atoms with Crippen LogP contribution in [0.2, 0.25) is 0 Å². The average molecular weight is 330 g/mol. The van der Waals surface area contributed by atoms with Gasteiger partial charge in [-0.2, -0.15) is 0 Å². The van der Waals surface area contributed by atoms with Crippen LogP contribution in [0.1, 0.15) is 16.9 Å². The van der Waals surface area contributed by atoms with Crippen molar-refractivity contribution in [1.29, 1.82) is 0 Å². The first-order valence-corrected chi connectivity index (χ1v) is 7.21. The van der Waals surface area contributed by atoms with Gasteiger partial charge in [0.1, 0.15) is 16.4 Å². The number of rotatable bonds is 6. The number of hydrogen-bond acceptors (Lipinski definition) is 5. The summed E-state index contributed by atoms with van der Waals surface area (Å²) in [5.41, 5.74) is 1.97. The summed E-state index contributed by atoms with van der Waals surface area (Å²) in [5.74, 6) is 0.347. The zero-order valence-corrected chi connectivity index (χ0v) is 13.7. The minimum absolute atomic E-state index is 0.247. The second-order valence-electron chi connectivity index (χ2n) is 5.28. The molecule has 0 radical (unpaired) electrons. The summed E-state index contributed by atoms with van der Waals surface area (Å²) in [6.45, 7) is 2.35. The van der Waals surface area contributed by atoms with Crippen LogP contribution in [0.3, 0.4) is 0 Å². The normalized spacial score (nSPS) is 10.8. The van der Waals surface area contributed by atoms with Gasteiger partial charge in [0.2, 0.25) is 5.91 Å². The van der Waals surface area contributed by atoms with Crippen LogP contribution in [0.5, 0.6) is 5.75 Å². The third-order valence-electron chi connectivity index (χ3n) is 3.40. The number of methoxy groups -OCH3 is 1. The Morgan fingerprint density at radius 2 is 2.12 bits per heavy atom. The second kappa shape index (κ2) is 7.45. The second-order valence-corrected chi connectivity index (χ2v) is 5.28. The Labute approximate surface area is 139 Å². The molecule has 0 fully saturated rings. The third kappa shape index (κ3) is 4.22. The molecule has 1 aromatic heterocycles. The lowest BCUT2D eigenvalue weighted by Crippen LogP contribution is -2.24. The lowest BCUT2D eigenvalue weighted by molar-refractivity contribution is -0.402. The Balaban J connectivity index is 2.05. The summed E-state index contributed by atoms with van der Waals surface area (Å²) in [6.07, 6.45) is 2.71. The molecule has 0 aliphatic carbocycles. The Bertz CT molecular complexity index is 779. The predicted octanol–water partition coefficient (Wildman–Crippen LogP) is 3.18. The molecule has 2 rings (SSSR count). The van der Waals surface area contributed by atoms with Gasteiger partial charge in [0.15, 0.2) is 0 Å². The van der Waals surface area contributed by atoms with Crippen molar-refractivity contribution in [2.45, 2.75) is 13.5 Å². The molecule has 0 saturated heterocycles. The summed E-state index contributed by atoms with van der Waals surface area (Å²) >= 11 is 0. The van der Waals surface area contributed by atoms with E-state index in [0.29, 0.717) is 12.3 Å². The van der Waals surface area contributed by atoms with Gasteiger partial charge in [-0.1, -0.05) is 17.7 Å². The molecule has 7 nitrogen and oxygen atoms in total. The van der Waals surface area contributed by atoms with Crippen molar-refractivity contribution in [3.05, 3.63) is 63.4 Å². The minimum Gasteiger partial charge on any atom is -0.496 e. The van der Waals surface area contributed by atoms with Gasteiger partial charge < -0.3 is 14.1 Å². The van der Waals surface area contributed by atoms with Gasteiger partial charge in [-0.15, -0.1) is 0 Å². The molecule has 1 aromatic carbocycles. The molecule has 0 N–H and O–H groups in total. The van der Waals surface area contributed by atoms with Crippen LogP contribution in [-0.2, 0) is 11.3 Å². The van der Waals surface area contributed by atoms with Gasteiger partial charge in [-0.25, -0.2) is 0 Å². The van der Waals surface area contributed by atoms with E-state index in [4.69, 9.17) is 9.15 Å². The maximum atomic E-state index is 12.2. The molecule has 1 heterocycles. The summed E-state index contributed by atoms with van der Waals surface area (Å²) in [7, 11) is 3.25. The highest BCUT2D eigenvalue weighted by Gasteiger charge is 2.12. The van der Waals surface area contributed by atoms with E-state index in [9.17, 15) is 14.9 Å². The van der Waals surface area contributed by atoms with Crippen LogP contribution in [0.25, 0.3) is 6.08 Å². The SMILES string of the molecule is COc1ccc(C)cc1CN(C)C(=O)/C=C/c1ccc([N+](=O)[O-])o1. The van der Waals surface area contributed by atoms with Crippen LogP contribution >= 0.6 is 0 Å². The minimum atomic E-state index is -0.630. The number of nitro groups is 1. The number of likely N-dealkylation sites (N-methyl/N-ethyl adjacent to an activating group) is 1. The van der Waals surface area contributed by atoms with Crippen LogP contribution in [0.15, 0.2) is 40.8 Å². The number of hydrogen-bond donors (Lipinski definition) is 0. The van der Waals surface area contributed by atoms with E-state index in [-0.39, 0.29) is 17.6 Å². The summed E-state index contributed by atoms with van der Waals surface area (Å²) < 4.78 is 10.3. The smallest absolute Gasteiger partial charge is 0.433 e. The van der Waals surface area contributed by atoms with Crippen molar-refractivity contribution in [3.63, 3.8) is 0 Å². The predicted molar refractivity (Wildman–Crippen MR) is 88.6 cm³/mol. The molecule has 0 saturated carbocycles. The molecule has 7 heteroatoms. The molecule has 0 aliphatic rings. The van der Waals surface area contributed by atoms with Gasteiger partial charge in [0.05, 0.1) is 13.2 Å². The third-order valence-corrected chi connectivity index (χ3v) is 3.40. The molecule has 1 amide bonds. The van der Waals surface area contributed by atoms with Crippen molar-refractivity contribution in [2.24, 2.45) is 0 Å². The van der Waals surface area contributed by atoms with Gasteiger partial charge in [0, 0.05) is 25.2 Å². The van der Waals surface area contributed by atoms with Crippen molar-refractivity contribution >= 4 is 17.9 Å². The lowest BCUT2D eigenvalue weighted by Gasteiger charge is -2.17. The quantitative estimate of drug-likeness (QED) is 0.461. The zero-order chi connectivity index (χ0) is 17.7. The Morgan fingerprint density at radius 1 is 1.38 bits per heavy atom. The fourth-order valence-corrected chi connectivity index (χ4v) is 2.17. The Morgan fingerprint density at radius 3 is 2.75 bits per heavy atom. The van der Waals surface area contributed by atoms with E-state index < -0.39 is 4.92 Å². The largest absolute Gasteiger partial charge is 0.496 e. The lowest BCUT2D eigenvalue weighted by atomic mass is 10.1. The first kappa shape index (κ1) is 17.3. The molecule has 0 atom stereocenters. The topological polar surface area (TPSA) is 85.8 Å². The van der Waals surface area contributed by atoms with Crippen LogP contribution in [-0.4, -0.2) is 29.9 Å². The summed E-state index contributed by atoms with van der Waals surface area (Å²) in [6, 6.07) is 8.44. The highest BCUT2D eigenvalue weighted by Crippen LogP contribution is 2.21. The summed E-state index contributed by atoms with van der Waals surface area (Å²) in [4.78, 5) is 23.6. The molecule has 24 heavy (non-hydrogen) atoms. The standard InChI is InChI=1S/C17H18N2O5/c1-12-4-7-15(23-3)13(10-12)11-18(2)16(20)8-5-14-6-9-17(24-14)19(21)22/h4-10H,11H2,1-3H3/b8-5+. The van der Waals surface area contributed by atoms with Gasteiger partial charge >= 0.3 is 5.88 Å². The van der Waals surface area contributed by atoms with Crippen LogP contribution < -0.4 is 4.74 Å². The van der Waals surface area contributed by atoms with E-state index in [2.05, 4.69) is 0 Å². The number of carbonyl (C=O) groups excluding carboxylic acids is 1. The van der Waals surface area contributed by atoms with Crippen molar-refractivity contribution in [1.82, 2.24) is 4.90 Å². The molecule has 0 unspecified atom stereocenters. The average Bonchev–Trinajstić information content (AvgIpc) is 3.02. The molecule has 0 spiro atoms.